The third-order valence-electron chi connectivity index (χ3n) is 2.52. The van der Waals surface area contributed by atoms with Crippen molar-refractivity contribution in [1.82, 2.24) is 10.2 Å². The van der Waals surface area contributed by atoms with Crippen molar-refractivity contribution in [3.63, 3.8) is 0 Å². The van der Waals surface area contributed by atoms with Crippen LogP contribution in [0.15, 0.2) is 18.2 Å². The Bertz CT molecular complexity index is 426. The van der Waals surface area contributed by atoms with Gasteiger partial charge in [0.1, 0.15) is 0 Å². The van der Waals surface area contributed by atoms with E-state index in [-0.39, 0.29) is 31.5 Å². The van der Waals surface area contributed by atoms with Gasteiger partial charge in [-0.05, 0) is 24.6 Å². The predicted octanol–water partition coefficient (Wildman–Crippen LogP) is 1.36. The fourth-order valence-corrected chi connectivity index (χ4v) is 1.49. The molecule has 5 nitrogen and oxygen atoms in total. The summed E-state index contributed by atoms with van der Waals surface area (Å²) in [6.45, 7) is 2.56. The fraction of sp³-hybridized carbons (Fsp3) is 0.462. The smallest absolute Gasteiger partial charge is 0.317 e. The summed E-state index contributed by atoms with van der Waals surface area (Å²) < 4.78 is 18.6. The Labute approximate surface area is 112 Å². The Morgan fingerprint density at radius 2 is 2.26 bits per heavy atom. The normalized spacial score (nSPS) is 10.1. The van der Waals surface area contributed by atoms with E-state index in [1.807, 2.05) is 0 Å². The van der Waals surface area contributed by atoms with Crippen LogP contribution in [-0.4, -0.2) is 42.8 Å². The van der Waals surface area contributed by atoms with Crippen LogP contribution in [0, 0.1) is 5.82 Å². The van der Waals surface area contributed by atoms with E-state index in [0.717, 1.165) is 0 Å². The molecule has 0 heterocycles. The molecule has 0 unspecified atom stereocenters. The van der Waals surface area contributed by atoms with E-state index < -0.39 is 5.82 Å². The molecule has 1 aromatic rings. The van der Waals surface area contributed by atoms with Crippen molar-refractivity contribution in [2.45, 2.75) is 13.5 Å². The standard InChI is InChI=1S/C13H19FN2O3/c1-3-19-12-5-4-10(8-11(12)14)9-15-13(18)16(2)6-7-17/h4-5,8,17H,3,6-7,9H2,1-2H3,(H,15,18). The molecule has 1 rings (SSSR count). The second kappa shape index (κ2) is 7.58. The molecule has 106 valence electrons. The van der Waals surface area contributed by atoms with E-state index in [1.54, 1.807) is 20.0 Å². The van der Waals surface area contributed by atoms with Crippen LogP contribution in [0.5, 0.6) is 5.75 Å². The number of hydrogen-bond acceptors (Lipinski definition) is 3. The van der Waals surface area contributed by atoms with E-state index in [0.29, 0.717) is 12.2 Å². The highest BCUT2D eigenvalue weighted by Gasteiger charge is 2.08. The van der Waals surface area contributed by atoms with Gasteiger partial charge in [0, 0.05) is 20.1 Å². The Morgan fingerprint density at radius 3 is 2.84 bits per heavy atom. The lowest BCUT2D eigenvalue weighted by Crippen LogP contribution is -2.38. The number of amides is 2. The van der Waals surface area contributed by atoms with Crippen LogP contribution in [0.2, 0.25) is 0 Å². The molecule has 6 heteroatoms. The second-order valence-electron chi connectivity index (χ2n) is 4.00. The van der Waals surface area contributed by atoms with Gasteiger partial charge in [-0.1, -0.05) is 6.07 Å². The summed E-state index contributed by atoms with van der Waals surface area (Å²) in [4.78, 5) is 12.9. The lowest BCUT2D eigenvalue weighted by Gasteiger charge is -2.16. The summed E-state index contributed by atoms with van der Waals surface area (Å²) in [7, 11) is 1.57. The number of hydrogen-bond donors (Lipinski definition) is 2. The van der Waals surface area contributed by atoms with Crippen molar-refractivity contribution in [3.05, 3.63) is 29.6 Å². The number of rotatable bonds is 6. The molecule has 0 aliphatic carbocycles. The largest absolute Gasteiger partial charge is 0.491 e. The number of urea groups is 1. The predicted molar refractivity (Wildman–Crippen MR) is 69.5 cm³/mol. The molecule has 0 saturated carbocycles. The van der Waals surface area contributed by atoms with E-state index in [1.165, 1.54) is 17.0 Å². The molecule has 0 aliphatic heterocycles. The van der Waals surface area contributed by atoms with Gasteiger partial charge in [-0.3, -0.25) is 0 Å². The fourth-order valence-electron chi connectivity index (χ4n) is 1.49. The van der Waals surface area contributed by atoms with Gasteiger partial charge in [0.2, 0.25) is 0 Å². The highest BCUT2D eigenvalue weighted by atomic mass is 19.1. The average Bonchev–Trinajstić information content (AvgIpc) is 2.39. The molecule has 1 aromatic carbocycles. The van der Waals surface area contributed by atoms with Crippen LogP contribution in [0.1, 0.15) is 12.5 Å². The van der Waals surface area contributed by atoms with Gasteiger partial charge >= 0.3 is 6.03 Å². The van der Waals surface area contributed by atoms with Gasteiger partial charge in [-0.2, -0.15) is 0 Å². The number of nitrogens with zero attached hydrogens (tertiary/aromatic N) is 1. The van der Waals surface area contributed by atoms with Crippen LogP contribution < -0.4 is 10.1 Å². The molecule has 0 spiro atoms. The molecule has 0 saturated heterocycles. The topological polar surface area (TPSA) is 61.8 Å². The molecule has 0 radical (unpaired) electrons. The minimum Gasteiger partial charge on any atom is -0.491 e. The Kier molecular flexibility index (Phi) is 6.08. The Morgan fingerprint density at radius 1 is 1.53 bits per heavy atom. The summed E-state index contributed by atoms with van der Waals surface area (Å²) in [5.41, 5.74) is 0.645. The molecule has 2 N–H and O–H groups in total. The lowest BCUT2D eigenvalue weighted by molar-refractivity contribution is 0.190. The summed E-state index contributed by atoms with van der Waals surface area (Å²) in [6.07, 6.45) is 0. The van der Waals surface area contributed by atoms with Gasteiger partial charge in [0.15, 0.2) is 11.6 Å². The van der Waals surface area contributed by atoms with Gasteiger partial charge in [0.25, 0.3) is 0 Å². The van der Waals surface area contributed by atoms with E-state index in [4.69, 9.17) is 9.84 Å². The Balaban J connectivity index is 2.54. The zero-order chi connectivity index (χ0) is 14.3. The molecule has 0 atom stereocenters. The third kappa shape index (κ3) is 4.75. The Hall–Kier alpha value is -1.82. The van der Waals surface area contributed by atoms with Crippen LogP contribution in [-0.2, 0) is 6.54 Å². The van der Waals surface area contributed by atoms with Gasteiger partial charge in [-0.15, -0.1) is 0 Å². The number of ether oxygens (including phenoxy) is 1. The van der Waals surface area contributed by atoms with Gasteiger partial charge in [0.05, 0.1) is 13.2 Å². The van der Waals surface area contributed by atoms with E-state index in [9.17, 15) is 9.18 Å². The van der Waals surface area contributed by atoms with Crippen molar-refractivity contribution in [1.29, 1.82) is 0 Å². The maximum atomic E-state index is 13.6. The maximum absolute atomic E-state index is 13.6. The van der Waals surface area contributed by atoms with Crippen molar-refractivity contribution in [3.8, 4) is 5.75 Å². The van der Waals surface area contributed by atoms with Gasteiger partial charge in [-0.25, -0.2) is 9.18 Å². The third-order valence-corrected chi connectivity index (χ3v) is 2.52. The first-order valence-electron chi connectivity index (χ1n) is 6.09. The highest BCUT2D eigenvalue weighted by Crippen LogP contribution is 2.18. The summed E-state index contributed by atoms with van der Waals surface area (Å²) in [5.74, 6) is -0.243. The highest BCUT2D eigenvalue weighted by molar-refractivity contribution is 5.73. The maximum Gasteiger partial charge on any atom is 0.317 e. The van der Waals surface area contributed by atoms with E-state index >= 15 is 0 Å². The molecule has 2 amide bonds. The monoisotopic (exact) mass is 270 g/mol. The molecule has 0 fully saturated rings. The number of nitrogens with one attached hydrogen (secondary N) is 1. The van der Waals surface area contributed by atoms with Crippen LogP contribution in [0.4, 0.5) is 9.18 Å². The summed E-state index contributed by atoms with van der Waals surface area (Å²) in [5, 5.41) is 11.3. The number of likely N-dealkylation sites (N-methyl/N-ethyl adjacent to an activating group) is 1. The van der Waals surface area contributed by atoms with Crippen molar-refractivity contribution in [2.75, 3.05) is 26.8 Å². The van der Waals surface area contributed by atoms with Crippen LogP contribution >= 0.6 is 0 Å². The van der Waals surface area contributed by atoms with E-state index in [2.05, 4.69) is 5.32 Å². The number of benzene rings is 1. The number of carbonyl (C=O) groups is 1. The average molecular weight is 270 g/mol. The van der Waals surface area contributed by atoms with Crippen molar-refractivity contribution in [2.24, 2.45) is 0 Å². The summed E-state index contributed by atoms with van der Waals surface area (Å²) >= 11 is 0. The van der Waals surface area contributed by atoms with Crippen molar-refractivity contribution >= 4 is 6.03 Å². The molecular weight excluding hydrogens is 251 g/mol. The SMILES string of the molecule is CCOc1ccc(CNC(=O)N(C)CCO)cc1F. The molecular formula is C13H19FN2O3. The quantitative estimate of drug-likeness (QED) is 0.820. The number of halogens is 1. The zero-order valence-electron chi connectivity index (χ0n) is 11.1. The first-order valence-corrected chi connectivity index (χ1v) is 6.09. The number of aliphatic hydroxyl groups is 1. The number of aliphatic hydroxyl groups excluding tert-OH is 1. The molecule has 0 bridgehead atoms. The molecule has 19 heavy (non-hydrogen) atoms. The van der Waals surface area contributed by atoms with Crippen molar-refractivity contribution < 1.29 is 19.0 Å². The minimum absolute atomic E-state index is 0.0956. The number of carbonyl (C=O) groups excluding carboxylic acids is 1. The molecule has 0 aliphatic rings. The second-order valence-corrected chi connectivity index (χ2v) is 4.00. The minimum atomic E-state index is -0.447. The van der Waals surface area contributed by atoms with Gasteiger partial charge < -0.3 is 20.1 Å². The first-order chi connectivity index (χ1) is 9.08. The van der Waals surface area contributed by atoms with Crippen LogP contribution in [0.3, 0.4) is 0 Å². The van der Waals surface area contributed by atoms with Crippen LogP contribution in [0.25, 0.3) is 0 Å². The molecule has 0 aromatic heterocycles. The zero-order valence-corrected chi connectivity index (χ0v) is 11.1. The first kappa shape index (κ1) is 15.2. The summed E-state index contributed by atoms with van der Waals surface area (Å²) in [6, 6.07) is 4.25. The lowest BCUT2D eigenvalue weighted by atomic mass is 10.2.